The van der Waals surface area contributed by atoms with Gasteiger partial charge in [0, 0.05) is 0 Å². The molecular weight excluding hydrogens is 558 g/mol. The summed E-state index contributed by atoms with van der Waals surface area (Å²) >= 11 is 3.61. The molecule has 0 saturated heterocycles. The number of thiazole rings is 1. The molecule has 6 nitrogen and oxygen atoms in total. The second-order valence-electron chi connectivity index (χ2n) is 6.98. The van der Waals surface area contributed by atoms with Crippen LogP contribution in [0.4, 0.5) is 5.69 Å². The van der Waals surface area contributed by atoms with E-state index in [-0.39, 0.29) is 29.9 Å². The third-order valence-electron chi connectivity index (χ3n) is 5.34. The Morgan fingerprint density at radius 1 is 1.00 bits per heavy atom. The third kappa shape index (κ3) is 3.17. The molecule has 0 N–H and O–H groups in total. The monoisotopic (exact) mass is 577 g/mol. The van der Waals surface area contributed by atoms with E-state index in [1.54, 1.807) is 0 Å². The summed E-state index contributed by atoms with van der Waals surface area (Å²) in [5.74, 6) is 0. The topological polar surface area (TPSA) is 58.7 Å². The Balaban J connectivity index is 1.39. The predicted octanol–water partition coefficient (Wildman–Crippen LogP) is 3.70. The van der Waals surface area contributed by atoms with Gasteiger partial charge >= 0.3 is 201 Å². The minimum absolute atomic E-state index is 0.0102. The maximum absolute atomic E-state index is 4.69. The van der Waals surface area contributed by atoms with E-state index in [2.05, 4.69) is 81.7 Å². The maximum atomic E-state index is 4.69. The van der Waals surface area contributed by atoms with Gasteiger partial charge in [0.25, 0.3) is 0 Å². The molecule has 0 radical (unpaired) electrons. The van der Waals surface area contributed by atoms with Crippen molar-refractivity contribution in [2.45, 2.75) is 25.3 Å². The molecule has 154 valence electrons. The number of rotatable bonds is 4. The Morgan fingerprint density at radius 2 is 1.77 bits per heavy atom. The summed E-state index contributed by atoms with van der Waals surface area (Å²) in [7, 11) is 0. The Kier molecular flexibility index (Phi) is 5.10. The zero-order valence-electron chi connectivity index (χ0n) is 16.8. The fraction of sp³-hybridized carbons (Fsp3) is 0.190. The molecule has 0 aliphatic carbocycles. The third-order valence-corrected chi connectivity index (χ3v) is 9.85. The first-order valence-electron chi connectivity index (χ1n) is 9.95. The zero-order chi connectivity index (χ0) is 20.9. The van der Waals surface area contributed by atoms with Gasteiger partial charge in [-0.2, -0.15) is 0 Å². The number of aromatic nitrogens is 5. The van der Waals surface area contributed by atoms with Crippen molar-refractivity contribution < 1.29 is 4.57 Å². The van der Waals surface area contributed by atoms with E-state index >= 15 is 0 Å². The molecule has 0 atom stereocenters. The van der Waals surface area contributed by atoms with Gasteiger partial charge in [-0.3, -0.25) is 0 Å². The van der Waals surface area contributed by atoms with Crippen LogP contribution in [0.15, 0.2) is 46.3 Å². The molecule has 0 saturated carbocycles. The van der Waals surface area contributed by atoms with Gasteiger partial charge < -0.3 is 0 Å². The summed E-state index contributed by atoms with van der Waals surface area (Å²) in [4.78, 5) is 3.63. The van der Waals surface area contributed by atoms with E-state index in [0.29, 0.717) is 0 Å². The van der Waals surface area contributed by atoms with Crippen LogP contribution in [0.1, 0.15) is 18.9 Å². The standard InChI is InChI=1S/C21H17N6S2Se2/c1-3-26-16(28-14-10-8-12-18(20(14)26)24-30-22-12)6-5-7-17-27(4-2)21-15(29-17)11-9-13-19(21)25-31-23-13/h5-11H,3-4H2,1-2H3/q+1. The van der Waals surface area contributed by atoms with E-state index < -0.39 is 0 Å². The number of anilines is 1. The van der Waals surface area contributed by atoms with Crippen LogP contribution in [-0.2, 0) is 6.54 Å². The number of allylic oxidation sites excluding steroid dienone is 2. The van der Waals surface area contributed by atoms with Crippen molar-refractivity contribution in [3.05, 3.63) is 46.5 Å². The van der Waals surface area contributed by atoms with Crippen molar-refractivity contribution in [1.82, 2.24) is 15.9 Å². The predicted molar refractivity (Wildman–Crippen MR) is 130 cm³/mol. The average Bonchev–Trinajstić information content (AvgIpc) is 3.55. The molecule has 0 spiro atoms. The average molecular weight is 575 g/mol. The Hall–Kier alpha value is -1.80. The summed E-state index contributed by atoms with van der Waals surface area (Å²) in [6, 6.07) is 8.56. The molecule has 0 fully saturated rings. The Bertz CT molecular complexity index is 1510. The second kappa shape index (κ2) is 7.96. The van der Waals surface area contributed by atoms with E-state index in [4.69, 9.17) is 0 Å². The Morgan fingerprint density at radius 3 is 2.58 bits per heavy atom. The first kappa shape index (κ1) is 19.9. The molecule has 10 heteroatoms. The van der Waals surface area contributed by atoms with Crippen molar-refractivity contribution in [3.8, 4) is 0 Å². The van der Waals surface area contributed by atoms with Gasteiger partial charge in [-0.25, -0.2) is 0 Å². The molecule has 4 heterocycles. The van der Waals surface area contributed by atoms with Gasteiger partial charge in [0.15, 0.2) is 0 Å². The molecule has 5 aromatic rings. The van der Waals surface area contributed by atoms with E-state index in [9.17, 15) is 0 Å². The molecular formula is C21H17N6S2Se2+. The number of thioether (sulfide) groups is 1. The second-order valence-corrected chi connectivity index (χ2v) is 11.3. The number of hydrogen-bond donors (Lipinski definition) is 0. The van der Waals surface area contributed by atoms with E-state index in [1.807, 2.05) is 23.1 Å². The quantitative estimate of drug-likeness (QED) is 0.241. The molecule has 0 amide bonds. The van der Waals surface area contributed by atoms with Crippen LogP contribution in [0.5, 0.6) is 0 Å². The Labute approximate surface area is 199 Å². The summed E-state index contributed by atoms with van der Waals surface area (Å²) < 4.78 is 22.1. The number of hydrogen-bond acceptors (Lipinski definition) is 7. The number of fused-ring (bicyclic) bond motifs is 6. The van der Waals surface area contributed by atoms with Crippen molar-refractivity contribution >= 4 is 97.1 Å². The summed E-state index contributed by atoms with van der Waals surface area (Å²) in [5.41, 5.74) is 6.65. The first-order chi connectivity index (χ1) is 15.3. The summed E-state index contributed by atoms with van der Waals surface area (Å²) in [6.45, 7) is 6.21. The number of aryl methyl sites for hydroxylation is 1. The molecule has 3 aromatic heterocycles. The molecule has 0 unspecified atom stereocenters. The molecule has 1 aliphatic heterocycles. The van der Waals surface area contributed by atoms with Gasteiger partial charge in [-0.1, -0.05) is 0 Å². The van der Waals surface area contributed by atoms with Crippen molar-refractivity contribution in [2.24, 2.45) is 0 Å². The van der Waals surface area contributed by atoms with Crippen LogP contribution in [-0.4, -0.2) is 52.4 Å². The fourth-order valence-electron chi connectivity index (χ4n) is 3.97. The van der Waals surface area contributed by atoms with E-state index in [0.717, 1.165) is 35.2 Å². The zero-order valence-corrected chi connectivity index (χ0v) is 21.8. The van der Waals surface area contributed by atoms with Crippen molar-refractivity contribution in [2.75, 3.05) is 11.4 Å². The molecule has 6 rings (SSSR count). The first-order valence-corrected chi connectivity index (χ1v) is 14.6. The van der Waals surface area contributed by atoms with Gasteiger partial charge in [-0.15, -0.1) is 0 Å². The van der Waals surface area contributed by atoms with Crippen LogP contribution in [0.3, 0.4) is 0 Å². The van der Waals surface area contributed by atoms with Crippen LogP contribution in [0, 0.1) is 0 Å². The van der Waals surface area contributed by atoms with Gasteiger partial charge in [0.1, 0.15) is 0 Å². The minimum atomic E-state index is -0.0102. The summed E-state index contributed by atoms with van der Waals surface area (Å²) in [6.07, 6.45) is 6.61. The van der Waals surface area contributed by atoms with Crippen molar-refractivity contribution in [1.29, 1.82) is 0 Å². The summed E-state index contributed by atoms with van der Waals surface area (Å²) in [5, 5.41) is 2.47. The molecule has 2 aromatic carbocycles. The van der Waals surface area contributed by atoms with Crippen LogP contribution in [0.2, 0.25) is 0 Å². The number of nitrogens with zero attached hydrogens (tertiary/aromatic N) is 6. The van der Waals surface area contributed by atoms with Crippen molar-refractivity contribution in [3.63, 3.8) is 0 Å². The SMILES string of the molecule is CCN1C(=CC=Cc2sc3ccc4n[se]nc4c3[n+]2CC)Sc2ccc3n[se]nc3c21. The van der Waals surface area contributed by atoms with Crippen LogP contribution in [0.25, 0.3) is 38.4 Å². The van der Waals surface area contributed by atoms with E-state index in [1.165, 1.54) is 30.8 Å². The fourth-order valence-corrected chi connectivity index (χ4v) is 8.51. The van der Waals surface area contributed by atoms with Crippen LogP contribution < -0.4 is 9.47 Å². The van der Waals surface area contributed by atoms with Gasteiger partial charge in [0.2, 0.25) is 0 Å². The van der Waals surface area contributed by atoms with Crippen LogP contribution >= 0.6 is 23.1 Å². The number of benzene rings is 2. The molecule has 31 heavy (non-hydrogen) atoms. The normalized spacial score (nSPS) is 15.4. The van der Waals surface area contributed by atoms with Gasteiger partial charge in [-0.05, 0) is 0 Å². The molecule has 0 bridgehead atoms. The molecule has 1 aliphatic rings. The van der Waals surface area contributed by atoms with Gasteiger partial charge in [0.05, 0.1) is 0 Å².